The molecule has 3 fully saturated rings. The molecular weight excluding hydrogens is 290 g/mol. The van der Waals surface area contributed by atoms with Gasteiger partial charge in [0.2, 0.25) is 5.91 Å². The summed E-state index contributed by atoms with van der Waals surface area (Å²) in [6.45, 7) is 1.37. The molecule has 0 spiro atoms. The molecule has 120 valence electrons. The Morgan fingerprint density at radius 2 is 1.83 bits per heavy atom. The van der Waals surface area contributed by atoms with Crippen molar-refractivity contribution in [3.8, 4) is 0 Å². The number of hydrogen-bond donors (Lipinski definition) is 1. The average Bonchev–Trinajstić information content (AvgIpc) is 2.99. The van der Waals surface area contributed by atoms with Crippen molar-refractivity contribution >= 4 is 11.9 Å². The number of nitrogens with zero attached hydrogens (tertiary/aromatic N) is 1. The lowest BCUT2D eigenvalue weighted by Crippen LogP contribution is -2.38. The van der Waals surface area contributed by atoms with E-state index >= 15 is 0 Å². The van der Waals surface area contributed by atoms with Crippen molar-refractivity contribution in [2.45, 2.75) is 32.2 Å². The molecule has 1 aliphatic heterocycles. The Morgan fingerprint density at radius 1 is 1.09 bits per heavy atom. The third kappa shape index (κ3) is 1.90. The van der Waals surface area contributed by atoms with Crippen LogP contribution in [0.2, 0.25) is 0 Å². The molecule has 4 heteroatoms. The fourth-order valence-electron chi connectivity index (χ4n) is 5.74. The molecule has 4 aliphatic rings. The zero-order valence-electron chi connectivity index (χ0n) is 13.1. The first kappa shape index (κ1) is 13.6. The molecule has 1 amide bonds. The standard InChI is InChI=1S/C19H21NO3/c21-18(17-15-11-2-3-12(7-11)16(15)17)20-6-5-10-1-4-13(19(22)23)8-14(10)9-20/h1,4,8,11-12,15-17H,2-3,5-7,9H2,(H,22,23). The van der Waals surface area contributed by atoms with Crippen LogP contribution in [0.15, 0.2) is 18.2 Å². The van der Waals surface area contributed by atoms with E-state index in [2.05, 4.69) is 0 Å². The predicted molar refractivity (Wildman–Crippen MR) is 83.8 cm³/mol. The molecular formula is C19H21NO3. The number of carbonyl (C=O) groups excluding carboxylic acids is 1. The number of hydrogen-bond acceptors (Lipinski definition) is 2. The summed E-state index contributed by atoms with van der Waals surface area (Å²) in [4.78, 5) is 26.1. The summed E-state index contributed by atoms with van der Waals surface area (Å²) in [5.41, 5.74) is 2.52. The van der Waals surface area contributed by atoms with Gasteiger partial charge in [0.05, 0.1) is 5.56 Å². The molecule has 2 bridgehead atoms. The van der Waals surface area contributed by atoms with Crippen LogP contribution in [-0.2, 0) is 17.8 Å². The molecule has 1 aromatic carbocycles. The number of aromatic carboxylic acids is 1. The first-order valence-corrected chi connectivity index (χ1v) is 8.77. The molecule has 0 radical (unpaired) electrons. The Kier molecular flexibility index (Phi) is 2.71. The highest BCUT2D eigenvalue weighted by atomic mass is 16.4. The van der Waals surface area contributed by atoms with Gasteiger partial charge in [-0.1, -0.05) is 6.07 Å². The maximum absolute atomic E-state index is 12.9. The van der Waals surface area contributed by atoms with E-state index in [1.807, 2.05) is 11.0 Å². The second-order valence-corrected chi connectivity index (χ2v) is 7.81. The SMILES string of the molecule is O=C(O)c1ccc2c(c1)CN(C(=O)C1C3C4CCC(C4)C13)CC2. The van der Waals surface area contributed by atoms with Gasteiger partial charge in [0, 0.05) is 19.0 Å². The van der Waals surface area contributed by atoms with E-state index in [-0.39, 0.29) is 5.92 Å². The van der Waals surface area contributed by atoms with Crippen molar-refractivity contribution in [2.75, 3.05) is 6.54 Å². The van der Waals surface area contributed by atoms with Crippen LogP contribution in [0.25, 0.3) is 0 Å². The summed E-state index contributed by atoms with van der Waals surface area (Å²) in [5, 5.41) is 9.15. The quantitative estimate of drug-likeness (QED) is 0.913. The molecule has 23 heavy (non-hydrogen) atoms. The number of amides is 1. The van der Waals surface area contributed by atoms with E-state index in [1.54, 1.807) is 12.1 Å². The highest BCUT2D eigenvalue weighted by molar-refractivity contribution is 5.88. The zero-order valence-corrected chi connectivity index (χ0v) is 13.1. The average molecular weight is 311 g/mol. The maximum atomic E-state index is 12.9. The topological polar surface area (TPSA) is 57.6 Å². The van der Waals surface area contributed by atoms with Crippen LogP contribution in [-0.4, -0.2) is 28.4 Å². The minimum Gasteiger partial charge on any atom is -0.478 e. The smallest absolute Gasteiger partial charge is 0.335 e. The second kappa shape index (κ2) is 4.59. The van der Waals surface area contributed by atoms with Crippen molar-refractivity contribution in [1.82, 2.24) is 4.90 Å². The van der Waals surface area contributed by atoms with Crippen molar-refractivity contribution in [3.63, 3.8) is 0 Å². The number of carboxylic acid groups (broad SMARTS) is 1. The number of fused-ring (bicyclic) bond motifs is 6. The summed E-state index contributed by atoms with van der Waals surface area (Å²) in [5.74, 6) is 2.70. The first-order valence-electron chi connectivity index (χ1n) is 8.77. The van der Waals surface area contributed by atoms with Crippen LogP contribution < -0.4 is 0 Å². The lowest BCUT2D eigenvalue weighted by molar-refractivity contribution is -0.134. The van der Waals surface area contributed by atoms with Crippen LogP contribution in [0.5, 0.6) is 0 Å². The van der Waals surface area contributed by atoms with Gasteiger partial charge in [-0.05, 0) is 72.6 Å². The van der Waals surface area contributed by atoms with Gasteiger partial charge in [-0.2, -0.15) is 0 Å². The molecule has 4 nitrogen and oxygen atoms in total. The molecule has 0 saturated heterocycles. The number of rotatable bonds is 2. The lowest BCUT2D eigenvalue weighted by Gasteiger charge is -2.30. The minimum absolute atomic E-state index is 0.283. The monoisotopic (exact) mass is 311 g/mol. The van der Waals surface area contributed by atoms with Gasteiger partial charge in [0.15, 0.2) is 0 Å². The normalized spacial score (nSPS) is 36.5. The zero-order chi connectivity index (χ0) is 15.7. The molecule has 4 unspecified atom stereocenters. The predicted octanol–water partition coefficient (Wildman–Crippen LogP) is 2.56. The van der Waals surface area contributed by atoms with Gasteiger partial charge in [-0.25, -0.2) is 4.79 Å². The Morgan fingerprint density at radius 3 is 2.52 bits per heavy atom. The summed E-state index contributed by atoms with van der Waals surface area (Å²) in [7, 11) is 0. The molecule has 3 aliphatic carbocycles. The molecule has 1 aromatic rings. The molecule has 5 rings (SSSR count). The molecule has 1 N–H and O–H groups in total. The fourth-order valence-corrected chi connectivity index (χ4v) is 5.74. The molecule has 0 aromatic heterocycles. The molecule has 4 atom stereocenters. The van der Waals surface area contributed by atoms with E-state index < -0.39 is 5.97 Å². The van der Waals surface area contributed by atoms with Crippen LogP contribution in [0.4, 0.5) is 0 Å². The maximum Gasteiger partial charge on any atom is 0.335 e. The van der Waals surface area contributed by atoms with Crippen molar-refractivity contribution in [1.29, 1.82) is 0 Å². The summed E-state index contributed by atoms with van der Waals surface area (Å²) in [6, 6.07) is 5.32. The Labute approximate surface area is 135 Å². The van der Waals surface area contributed by atoms with Crippen LogP contribution >= 0.6 is 0 Å². The second-order valence-electron chi connectivity index (χ2n) is 7.81. The fraction of sp³-hybridized carbons (Fsp3) is 0.579. The third-order valence-corrected chi connectivity index (χ3v) is 6.80. The van der Waals surface area contributed by atoms with Crippen LogP contribution in [0.3, 0.4) is 0 Å². The van der Waals surface area contributed by atoms with Gasteiger partial charge in [0.25, 0.3) is 0 Å². The van der Waals surface area contributed by atoms with Gasteiger partial charge in [-0.3, -0.25) is 4.79 Å². The van der Waals surface area contributed by atoms with E-state index in [9.17, 15) is 9.59 Å². The Bertz CT molecular complexity index is 697. The van der Waals surface area contributed by atoms with Crippen molar-refractivity contribution in [3.05, 3.63) is 34.9 Å². The molecule has 3 saturated carbocycles. The van der Waals surface area contributed by atoms with E-state index in [0.29, 0.717) is 29.9 Å². The van der Waals surface area contributed by atoms with Gasteiger partial charge < -0.3 is 10.0 Å². The lowest BCUT2D eigenvalue weighted by atomic mass is 9.96. The van der Waals surface area contributed by atoms with Gasteiger partial charge >= 0.3 is 5.97 Å². The Hall–Kier alpha value is -1.84. The highest BCUT2D eigenvalue weighted by Gasteiger charge is 2.67. The van der Waals surface area contributed by atoms with E-state index in [4.69, 9.17) is 5.11 Å². The third-order valence-electron chi connectivity index (χ3n) is 6.80. The van der Waals surface area contributed by atoms with Gasteiger partial charge in [0.1, 0.15) is 0 Å². The Balaban J connectivity index is 1.35. The van der Waals surface area contributed by atoms with Crippen molar-refractivity contribution < 1.29 is 14.7 Å². The highest BCUT2D eigenvalue weighted by Crippen LogP contribution is 2.69. The van der Waals surface area contributed by atoms with Crippen molar-refractivity contribution in [2.24, 2.45) is 29.6 Å². The van der Waals surface area contributed by atoms with Gasteiger partial charge in [-0.15, -0.1) is 0 Å². The minimum atomic E-state index is -0.899. The summed E-state index contributed by atoms with van der Waals surface area (Å²) >= 11 is 0. The number of carbonyl (C=O) groups is 2. The molecule has 1 heterocycles. The van der Waals surface area contributed by atoms with E-state index in [0.717, 1.165) is 30.4 Å². The largest absolute Gasteiger partial charge is 0.478 e. The first-order chi connectivity index (χ1) is 11.1. The van der Waals surface area contributed by atoms with Crippen LogP contribution in [0.1, 0.15) is 40.7 Å². The van der Waals surface area contributed by atoms with E-state index in [1.165, 1.54) is 24.8 Å². The summed E-state index contributed by atoms with van der Waals surface area (Å²) < 4.78 is 0. The van der Waals surface area contributed by atoms with Crippen LogP contribution in [0, 0.1) is 29.6 Å². The number of carboxylic acids is 1. The summed E-state index contributed by atoms with van der Waals surface area (Å²) in [6.07, 6.45) is 4.88. The number of benzene rings is 1.